The molecule has 21 heavy (non-hydrogen) atoms. The lowest BCUT2D eigenvalue weighted by atomic mass is 9.98. The molecule has 0 fully saturated rings. The van der Waals surface area contributed by atoms with Gasteiger partial charge in [-0.05, 0) is 54.8 Å². The molecule has 1 atom stereocenters. The van der Waals surface area contributed by atoms with E-state index in [9.17, 15) is 8.78 Å². The molecule has 4 heteroatoms. The number of likely N-dealkylation sites (N-methyl/N-ethyl adjacent to an activating group) is 1. The molecule has 0 aromatic heterocycles. The molecule has 1 N–H and O–H groups in total. The highest BCUT2D eigenvalue weighted by Gasteiger charge is 2.13. The molecule has 2 aromatic carbocycles. The van der Waals surface area contributed by atoms with Gasteiger partial charge in [-0.1, -0.05) is 36.7 Å². The van der Waals surface area contributed by atoms with Gasteiger partial charge in [0.05, 0.1) is 0 Å². The first-order chi connectivity index (χ1) is 10.0. The van der Waals surface area contributed by atoms with Gasteiger partial charge in [-0.25, -0.2) is 8.78 Å². The van der Waals surface area contributed by atoms with Gasteiger partial charge < -0.3 is 5.32 Å². The molecule has 0 amide bonds. The molecular weight excluding hydrogens is 292 g/mol. The summed E-state index contributed by atoms with van der Waals surface area (Å²) >= 11 is 6.17. The molecule has 2 rings (SSSR count). The van der Waals surface area contributed by atoms with Crippen molar-refractivity contribution >= 4 is 11.6 Å². The number of halogens is 3. The lowest BCUT2D eigenvalue weighted by Gasteiger charge is -2.19. The van der Waals surface area contributed by atoms with E-state index in [0.29, 0.717) is 11.4 Å². The van der Waals surface area contributed by atoms with Crippen molar-refractivity contribution in [3.63, 3.8) is 0 Å². The third-order valence-corrected chi connectivity index (χ3v) is 3.88. The lowest BCUT2D eigenvalue weighted by molar-refractivity contribution is 0.502. The van der Waals surface area contributed by atoms with E-state index in [1.807, 2.05) is 32.0 Å². The second kappa shape index (κ2) is 7.01. The minimum atomic E-state index is -0.822. The first-order valence-electron chi connectivity index (χ1n) is 6.94. The van der Waals surface area contributed by atoms with E-state index in [2.05, 4.69) is 5.32 Å². The van der Waals surface area contributed by atoms with Crippen LogP contribution in [0.15, 0.2) is 36.4 Å². The summed E-state index contributed by atoms with van der Waals surface area (Å²) in [4.78, 5) is 0. The van der Waals surface area contributed by atoms with Crippen LogP contribution in [0.5, 0.6) is 0 Å². The summed E-state index contributed by atoms with van der Waals surface area (Å²) in [7, 11) is 0. The third kappa shape index (κ3) is 4.02. The van der Waals surface area contributed by atoms with E-state index in [1.54, 1.807) is 6.07 Å². The Bertz CT molecular complexity index is 628. The standard InChI is InChI=1S/C17H18ClF2N/c1-3-21-17(13-6-4-11(2)14(18)10-13)9-12-5-7-15(19)16(20)8-12/h4-8,10,17,21H,3,9H2,1-2H3. The van der Waals surface area contributed by atoms with E-state index in [1.165, 1.54) is 6.07 Å². The Morgan fingerprint density at radius 3 is 2.48 bits per heavy atom. The Morgan fingerprint density at radius 1 is 1.10 bits per heavy atom. The van der Waals surface area contributed by atoms with Gasteiger partial charge in [-0.3, -0.25) is 0 Å². The molecular formula is C17H18ClF2N. The average molecular weight is 310 g/mol. The predicted octanol–water partition coefficient (Wildman–Crippen LogP) is 4.82. The molecule has 0 aliphatic heterocycles. The smallest absolute Gasteiger partial charge is 0.159 e. The van der Waals surface area contributed by atoms with E-state index in [0.717, 1.165) is 29.3 Å². The summed E-state index contributed by atoms with van der Waals surface area (Å²) in [5.74, 6) is -1.64. The molecule has 2 aromatic rings. The topological polar surface area (TPSA) is 12.0 Å². The quantitative estimate of drug-likeness (QED) is 0.835. The Kier molecular flexibility index (Phi) is 5.32. The van der Waals surface area contributed by atoms with Gasteiger partial charge in [0.25, 0.3) is 0 Å². The molecule has 0 heterocycles. The average Bonchev–Trinajstić information content (AvgIpc) is 2.45. The fourth-order valence-corrected chi connectivity index (χ4v) is 2.47. The second-order valence-corrected chi connectivity index (χ2v) is 5.48. The van der Waals surface area contributed by atoms with Crippen molar-refractivity contribution in [2.45, 2.75) is 26.3 Å². The maximum atomic E-state index is 13.3. The first-order valence-corrected chi connectivity index (χ1v) is 7.32. The number of rotatable bonds is 5. The van der Waals surface area contributed by atoms with Crippen molar-refractivity contribution < 1.29 is 8.78 Å². The molecule has 0 spiro atoms. The highest BCUT2D eigenvalue weighted by molar-refractivity contribution is 6.31. The third-order valence-electron chi connectivity index (χ3n) is 3.47. The fourth-order valence-electron chi connectivity index (χ4n) is 2.28. The van der Waals surface area contributed by atoms with Gasteiger partial charge in [0.1, 0.15) is 0 Å². The molecule has 1 nitrogen and oxygen atoms in total. The van der Waals surface area contributed by atoms with Crippen LogP contribution in [0.3, 0.4) is 0 Å². The maximum Gasteiger partial charge on any atom is 0.159 e. The van der Waals surface area contributed by atoms with E-state index >= 15 is 0 Å². The molecule has 0 radical (unpaired) electrons. The first kappa shape index (κ1) is 15.9. The Labute approximate surface area is 128 Å². The lowest BCUT2D eigenvalue weighted by Crippen LogP contribution is -2.23. The van der Waals surface area contributed by atoms with Gasteiger partial charge in [0.15, 0.2) is 11.6 Å². The summed E-state index contributed by atoms with van der Waals surface area (Å²) in [6.45, 7) is 4.73. The fraction of sp³-hybridized carbons (Fsp3) is 0.294. The molecule has 1 unspecified atom stereocenters. The van der Waals surface area contributed by atoms with Crippen LogP contribution < -0.4 is 5.32 Å². The number of hydrogen-bond acceptors (Lipinski definition) is 1. The molecule has 0 saturated carbocycles. The molecule has 0 saturated heterocycles. The monoisotopic (exact) mass is 309 g/mol. The van der Waals surface area contributed by atoms with Crippen LogP contribution in [0.25, 0.3) is 0 Å². The van der Waals surface area contributed by atoms with Crippen molar-refractivity contribution in [1.29, 1.82) is 0 Å². The summed E-state index contributed by atoms with van der Waals surface area (Å²) in [6, 6.07) is 9.92. The molecule has 0 aliphatic rings. The molecule has 112 valence electrons. The van der Waals surface area contributed by atoms with Crippen LogP contribution in [-0.2, 0) is 6.42 Å². The van der Waals surface area contributed by atoms with E-state index in [-0.39, 0.29) is 6.04 Å². The van der Waals surface area contributed by atoms with Crippen molar-refractivity contribution in [2.75, 3.05) is 6.54 Å². The highest BCUT2D eigenvalue weighted by Crippen LogP contribution is 2.24. The Hall–Kier alpha value is -1.45. The largest absolute Gasteiger partial charge is 0.310 e. The van der Waals surface area contributed by atoms with Crippen molar-refractivity contribution in [3.05, 3.63) is 69.7 Å². The van der Waals surface area contributed by atoms with Gasteiger partial charge in [-0.15, -0.1) is 0 Å². The minimum Gasteiger partial charge on any atom is -0.310 e. The summed E-state index contributed by atoms with van der Waals surface area (Å²) in [5.41, 5.74) is 2.80. The second-order valence-electron chi connectivity index (χ2n) is 5.07. The SMILES string of the molecule is CCNC(Cc1ccc(F)c(F)c1)c1ccc(C)c(Cl)c1. The number of benzene rings is 2. The Balaban J connectivity index is 2.25. The van der Waals surface area contributed by atoms with Crippen LogP contribution in [0, 0.1) is 18.6 Å². The number of hydrogen-bond donors (Lipinski definition) is 1. The zero-order valence-corrected chi connectivity index (χ0v) is 12.8. The van der Waals surface area contributed by atoms with E-state index in [4.69, 9.17) is 11.6 Å². The zero-order chi connectivity index (χ0) is 15.4. The summed E-state index contributed by atoms with van der Waals surface area (Å²) in [5, 5.41) is 4.06. The number of nitrogens with one attached hydrogen (secondary N) is 1. The van der Waals surface area contributed by atoms with Crippen molar-refractivity contribution in [3.8, 4) is 0 Å². The summed E-state index contributed by atoms with van der Waals surface area (Å²) < 4.78 is 26.3. The van der Waals surface area contributed by atoms with Crippen LogP contribution in [0.4, 0.5) is 8.78 Å². The van der Waals surface area contributed by atoms with Crippen LogP contribution in [0.2, 0.25) is 5.02 Å². The molecule has 0 aliphatic carbocycles. The van der Waals surface area contributed by atoms with Crippen LogP contribution in [-0.4, -0.2) is 6.54 Å². The minimum absolute atomic E-state index is 0.0120. The van der Waals surface area contributed by atoms with Crippen molar-refractivity contribution in [2.24, 2.45) is 0 Å². The normalized spacial score (nSPS) is 12.4. The summed E-state index contributed by atoms with van der Waals surface area (Å²) in [6.07, 6.45) is 0.574. The van der Waals surface area contributed by atoms with E-state index < -0.39 is 11.6 Å². The number of aryl methyl sites for hydroxylation is 1. The van der Waals surface area contributed by atoms with Crippen molar-refractivity contribution in [1.82, 2.24) is 5.32 Å². The zero-order valence-electron chi connectivity index (χ0n) is 12.1. The highest BCUT2D eigenvalue weighted by atomic mass is 35.5. The predicted molar refractivity (Wildman–Crippen MR) is 82.7 cm³/mol. The maximum absolute atomic E-state index is 13.3. The molecule has 0 bridgehead atoms. The van der Waals surface area contributed by atoms with Crippen LogP contribution >= 0.6 is 11.6 Å². The van der Waals surface area contributed by atoms with Crippen LogP contribution in [0.1, 0.15) is 29.7 Å². The van der Waals surface area contributed by atoms with Gasteiger partial charge >= 0.3 is 0 Å². The Morgan fingerprint density at radius 2 is 1.86 bits per heavy atom. The van der Waals surface area contributed by atoms with Gasteiger partial charge in [-0.2, -0.15) is 0 Å². The van der Waals surface area contributed by atoms with Gasteiger partial charge in [0, 0.05) is 11.1 Å². The van der Waals surface area contributed by atoms with Gasteiger partial charge in [0.2, 0.25) is 0 Å².